The van der Waals surface area contributed by atoms with Gasteiger partial charge in [-0.1, -0.05) is 0 Å². The molecule has 1 aliphatic heterocycles. The Morgan fingerprint density at radius 1 is 1.25 bits per heavy atom. The van der Waals surface area contributed by atoms with Gasteiger partial charge in [0.1, 0.15) is 23.0 Å². The molecule has 0 aromatic carbocycles. The number of nitriles is 1. The van der Waals surface area contributed by atoms with Crippen LogP contribution in [0.2, 0.25) is 0 Å². The molecule has 124 valence electrons. The molecule has 1 N–H and O–H groups in total. The van der Waals surface area contributed by atoms with E-state index in [1.807, 2.05) is 31.1 Å². The topological polar surface area (TPSA) is 76.0 Å². The first-order chi connectivity index (χ1) is 11.5. The minimum Gasteiger partial charge on any atom is -0.368 e. The molecule has 0 amide bonds. The molecular formula is C18H21N5O. The molecule has 0 atom stereocenters. The van der Waals surface area contributed by atoms with Crippen molar-refractivity contribution in [2.75, 3.05) is 37.0 Å². The third-order valence-electron chi connectivity index (χ3n) is 5.48. The van der Waals surface area contributed by atoms with Crippen LogP contribution in [0.4, 0.5) is 11.5 Å². The van der Waals surface area contributed by atoms with E-state index in [9.17, 15) is 10.1 Å². The predicted molar refractivity (Wildman–Crippen MR) is 94.5 cm³/mol. The molecule has 6 heteroatoms. The van der Waals surface area contributed by atoms with E-state index in [0.29, 0.717) is 22.1 Å². The highest BCUT2D eigenvalue weighted by Gasteiger charge is 2.44. The fourth-order valence-corrected chi connectivity index (χ4v) is 3.68. The summed E-state index contributed by atoms with van der Waals surface area (Å²) in [6.45, 7) is 1.78. The van der Waals surface area contributed by atoms with Crippen molar-refractivity contribution in [3.8, 4) is 6.07 Å². The number of fused-ring (bicyclic) bond motifs is 1. The van der Waals surface area contributed by atoms with Crippen LogP contribution in [-0.2, 0) is 0 Å². The number of anilines is 2. The third-order valence-corrected chi connectivity index (χ3v) is 5.48. The fourth-order valence-electron chi connectivity index (χ4n) is 3.68. The minimum absolute atomic E-state index is 0.178. The highest BCUT2D eigenvalue weighted by Crippen LogP contribution is 2.54. The Morgan fingerprint density at radius 3 is 2.54 bits per heavy atom. The monoisotopic (exact) mass is 323 g/mol. The van der Waals surface area contributed by atoms with E-state index >= 15 is 0 Å². The van der Waals surface area contributed by atoms with Crippen molar-refractivity contribution < 1.29 is 0 Å². The summed E-state index contributed by atoms with van der Waals surface area (Å²) in [4.78, 5) is 24.0. The van der Waals surface area contributed by atoms with Crippen molar-refractivity contribution >= 4 is 22.5 Å². The van der Waals surface area contributed by atoms with Crippen LogP contribution in [0.25, 0.3) is 11.0 Å². The molecule has 0 radical (unpaired) electrons. The van der Waals surface area contributed by atoms with Crippen molar-refractivity contribution in [1.29, 1.82) is 5.26 Å². The summed E-state index contributed by atoms with van der Waals surface area (Å²) >= 11 is 0. The molecule has 2 aromatic rings. The number of pyridine rings is 2. The maximum absolute atomic E-state index is 12.3. The predicted octanol–water partition coefficient (Wildman–Crippen LogP) is 2.24. The first kappa shape index (κ1) is 15.0. The van der Waals surface area contributed by atoms with Crippen LogP contribution in [0.3, 0.4) is 0 Å². The first-order valence-electron chi connectivity index (χ1n) is 8.42. The normalized spacial score (nSPS) is 18.6. The molecule has 3 heterocycles. The number of hydrogen-bond donors (Lipinski definition) is 1. The molecule has 0 unspecified atom stereocenters. The van der Waals surface area contributed by atoms with Crippen molar-refractivity contribution in [1.82, 2.24) is 9.97 Å². The van der Waals surface area contributed by atoms with Gasteiger partial charge in [0.05, 0.1) is 11.2 Å². The number of piperidine rings is 1. The van der Waals surface area contributed by atoms with E-state index in [4.69, 9.17) is 4.98 Å². The van der Waals surface area contributed by atoms with Crippen LogP contribution in [0, 0.1) is 16.7 Å². The number of hydrogen-bond acceptors (Lipinski definition) is 5. The molecule has 6 nitrogen and oxygen atoms in total. The maximum Gasteiger partial charge on any atom is 0.268 e. The number of H-pyrrole nitrogens is 1. The summed E-state index contributed by atoms with van der Waals surface area (Å²) < 4.78 is 0. The van der Waals surface area contributed by atoms with Crippen LogP contribution in [0.5, 0.6) is 0 Å². The Labute approximate surface area is 140 Å². The molecule has 2 aliphatic rings. The zero-order valence-corrected chi connectivity index (χ0v) is 14.1. The summed E-state index contributed by atoms with van der Waals surface area (Å²) in [5.41, 5.74) is 2.50. The molecule has 1 saturated carbocycles. The van der Waals surface area contributed by atoms with Gasteiger partial charge in [0, 0.05) is 27.2 Å². The summed E-state index contributed by atoms with van der Waals surface area (Å²) in [5, 5.41) is 9.55. The standard InChI is InChI=1S/C18H21N5O/c1-22(2)14-4-3-13-15(21-14)16(12(11-19)17(24)20-13)23-9-7-18(5-6-18)8-10-23/h3-4H,5-10H2,1-2H3,(H,20,24). The molecule has 1 spiro atoms. The van der Waals surface area contributed by atoms with Crippen LogP contribution in [0.15, 0.2) is 16.9 Å². The zero-order chi connectivity index (χ0) is 16.9. The lowest BCUT2D eigenvalue weighted by Gasteiger charge is -2.34. The zero-order valence-electron chi connectivity index (χ0n) is 14.1. The van der Waals surface area contributed by atoms with Gasteiger partial charge in [-0.15, -0.1) is 0 Å². The highest BCUT2D eigenvalue weighted by atomic mass is 16.1. The third kappa shape index (κ3) is 2.32. The van der Waals surface area contributed by atoms with E-state index in [-0.39, 0.29) is 11.1 Å². The fraction of sp³-hybridized carbons (Fsp3) is 0.500. The van der Waals surface area contributed by atoms with Gasteiger partial charge in [-0.25, -0.2) is 4.98 Å². The van der Waals surface area contributed by atoms with Gasteiger partial charge in [0.2, 0.25) is 0 Å². The van der Waals surface area contributed by atoms with Gasteiger partial charge in [-0.2, -0.15) is 5.26 Å². The summed E-state index contributed by atoms with van der Waals surface area (Å²) in [6.07, 6.45) is 4.93. The van der Waals surface area contributed by atoms with Crippen molar-refractivity contribution in [2.45, 2.75) is 25.7 Å². The second kappa shape index (κ2) is 5.23. The van der Waals surface area contributed by atoms with Crippen LogP contribution in [-0.4, -0.2) is 37.2 Å². The molecule has 2 aromatic heterocycles. The van der Waals surface area contributed by atoms with Crippen molar-refractivity contribution in [3.63, 3.8) is 0 Å². The van der Waals surface area contributed by atoms with Gasteiger partial charge in [0.25, 0.3) is 5.56 Å². The Morgan fingerprint density at radius 2 is 1.96 bits per heavy atom. The van der Waals surface area contributed by atoms with Gasteiger partial charge >= 0.3 is 0 Å². The summed E-state index contributed by atoms with van der Waals surface area (Å²) in [7, 11) is 3.87. The number of nitrogens with zero attached hydrogens (tertiary/aromatic N) is 4. The highest BCUT2D eigenvalue weighted by molar-refractivity contribution is 5.92. The van der Waals surface area contributed by atoms with Crippen LogP contribution < -0.4 is 15.4 Å². The van der Waals surface area contributed by atoms with E-state index in [1.165, 1.54) is 12.8 Å². The lowest BCUT2D eigenvalue weighted by Crippen LogP contribution is -2.36. The Kier molecular flexibility index (Phi) is 3.27. The maximum atomic E-state index is 12.3. The van der Waals surface area contributed by atoms with Gasteiger partial charge in [0.15, 0.2) is 0 Å². The van der Waals surface area contributed by atoms with E-state index in [2.05, 4.69) is 16.0 Å². The molecular weight excluding hydrogens is 302 g/mol. The van der Waals surface area contributed by atoms with Crippen LogP contribution >= 0.6 is 0 Å². The smallest absolute Gasteiger partial charge is 0.268 e. The summed E-state index contributed by atoms with van der Waals surface area (Å²) in [6, 6.07) is 5.85. The SMILES string of the molecule is CN(C)c1ccc2[nH]c(=O)c(C#N)c(N3CCC4(CC3)CC4)c2n1. The second-order valence-corrected chi connectivity index (χ2v) is 7.24. The average Bonchev–Trinajstić information content (AvgIpc) is 3.33. The van der Waals surface area contributed by atoms with Gasteiger partial charge in [-0.3, -0.25) is 4.79 Å². The van der Waals surface area contributed by atoms with Gasteiger partial charge < -0.3 is 14.8 Å². The first-order valence-corrected chi connectivity index (χ1v) is 8.42. The molecule has 24 heavy (non-hydrogen) atoms. The number of aromatic amines is 1. The number of aromatic nitrogens is 2. The van der Waals surface area contributed by atoms with Crippen LogP contribution in [0.1, 0.15) is 31.2 Å². The Hall–Kier alpha value is -2.55. The number of rotatable bonds is 2. The molecule has 0 bridgehead atoms. The Bertz CT molecular complexity index is 894. The average molecular weight is 323 g/mol. The van der Waals surface area contributed by atoms with Crippen molar-refractivity contribution in [3.05, 3.63) is 28.0 Å². The van der Waals surface area contributed by atoms with Crippen molar-refractivity contribution in [2.24, 2.45) is 5.41 Å². The molecule has 1 aliphatic carbocycles. The molecule has 2 fully saturated rings. The second-order valence-electron chi connectivity index (χ2n) is 7.24. The number of nitrogens with one attached hydrogen (secondary N) is 1. The lowest BCUT2D eigenvalue weighted by atomic mass is 9.93. The molecule has 1 saturated heterocycles. The van der Waals surface area contributed by atoms with Gasteiger partial charge in [-0.05, 0) is 43.2 Å². The Balaban J connectivity index is 1.88. The largest absolute Gasteiger partial charge is 0.368 e. The lowest BCUT2D eigenvalue weighted by molar-refractivity contribution is 0.384. The minimum atomic E-state index is -0.328. The summed E-state index contributed by atoms with van der Waals surface area (Å²) in [5.74, 6) is 0.815. The van der Waals surface area contributed by atoms with E-state index < -0.39 is 0 Å². The quantitative estimate of drug-likeness (QED) is 0.917. The molecule has 4 rings (SSSR count). The van der Waals surface area contributed by atoms with E-state index in [0.717, 1.165) is 31.7 Å². The van der Waals surface area contributed by atoms with E-state index in [1.54, 1.807) is 0 Å².